The van der Waals surface area contributed by atoms with Crippen LogP contribution in [0.2, 0.25) is 0 Å². The molecule has 1 aromatic carbocycles. The summed E-state index contributed by atoms with van der Waals surface area (Å²) in [6.07, 6.45) is 1.20. The van der Waals surface area contributed by atoms with Gasteiger partial charge in [0, 0.05) is 19.7 Å². The summed E-state index contributed by atoms with van der Waals surface area (Å²) in [5, 5.41) is 3.33. The molecule has 16 heavy (non-hydrogen) atoms. The van der Waals surface area contributed by atoms with Crippen molar-refractivity contribution >= 4 is 0 Å². The number of nitrogens with one attached hydrogen (secondary N) is 1. The van der Waals surface area contributed by atoms with Crippen LogP contribution in [0.5, 0.6) is 0 Å². The van der Waals surface area contributed by atoms with Crippen LogP contribution in [0.25, 0.3) is 0 Å². The predicted molar refractivity (Wildman–Crippen MR) is 67.3 cm³/mol. The van der Waals surface area contributed by atoms with E-state index in [2.05, 4.69) is 17.4 Å². The molecule has 2 atom stereocenters. The molecule has 1 aromatic rings. The number of hydrogen-bond donors (Lipinski definition) is 2. The van der Waals surface area contributed by atoms with E-state index < -0.39 is 0 Å². The molecule has 0 bridgehead atoms. The average Bonchev–Trinajstić information content (AvgIpc) is 2.35. The van der Waals surface area contributed by atoms with E-state index in [0.29, 0.717) is 0 Å². The smallest absolute Gasteiger partial charge is 0.0667 e. The van der Waals surface area contributed by atoms with Gasteiger partial charge < -0.3 is 15.8 Å². The molecule has 3 nitrogen and oxygen atoms in total. The lowest BCUT2D eigenvalue weighted by molar-refractivity contribution is 0.117. The van der Waals surface area contributed by atoms with Crippen LogP contribution in [-0.2, 0) is 4.74 Å². The molecule has 0 aliphatic heterocycles. The first-order chi connectivity index (χ1) is 7.74. The first kappa shape index (κ1) is 13.2. The number of ether oxygens (including phenoxy) is 1. The molecule has 0 fully saturated rings. The molecule has 0 saturated heterocycles. The van der Waals surface area contributed by atoms with Crippen LogP contribution in [0.3, 0.4) is 0 Å². The molecule has 0 aliphatic rings. The second-order valence-electron chi connectivity index (χ2n) is 4.06. The van der Waals surface area contributed by atoms with Crippen molar-refractivity contribution in [3.05, 3.63) is 35.9 Å². The highest BCUT2D eigenvalue weighted by molar-refractivity contribution is 5.18. The van der Waals surface area contributed by atoms with Gasteiger partial charge in [-0.05, 0) is 25.5 Å². The topological polar surface area (TPSA) is 47.3 Å². The van der Waals surface area contributed by atoms with Crippen molar-refractivity contribution in [3.63, 3.8) is 0 Å². The van der Waals surface area contributed by atoms with Gasteiger partial charge in [0.2, 0.25) is 0 Å². The van der Waals surface area contributed by atoms with Crippen molar-refractivity contribution < 1.29 is 4.74 Å². The van der Waals surface area contributed by atoms with Gasteiger partial charge >= 0.3 is 0 Å². The Morgan fingerprint density at radius 3 is 2.62 bits per heavy atom. The summed E-state index contributed by atoms with van der Waals surface area (Å²) >= 11 is 0. The maximum Gasteiger partial charge on any atom is 0.0667 e. The van der Waals surface area contributed by atoms with Crippen molar-refractivity contribution in [3.8, 4) is 0 Å². The minimum absolute atomic E-state index is 0.117. The molecule has 2 unspecified atom stereocenters. The Bertz CT molecular complexity index is 277. The monoisotopic (exact) mass is 222 g/mol. The standard InChI is InChI=1S/C13H22N2O/c1-11(16-2)10-15-9-8-13(14)12-6-4-3-5-7-12/h3-7,11,13,15H,8-10,14H2,1-2H3. The third kappa shape index (κ3) is 4.75. The molecule has 90 valence electrons. The van der Waals surface area contributed by atoms with Crippen molar-refractivity contribution in [2.45, 2.75) is 25.5 Å². The maximum absolute atomic E-state index is 6.07. The first-order valence-electron chi connectivity index (χ1n) is 5.78. The quantitative estimate of drug-likeness (QED) is 0.690. The van der Waals surface area contributed by atoms with E-state index in [1.54, 1.807) is 7.11 Å². The van der Waals surface area contributed by atoms with Crippen LogP contribution >= 0.6 is 0 Å². The van der Waals surface area contributed by atoms with Gasteiger partial charge in [0.1, 0.15) is 0 Å². The normalized spacial score (nSPS) is 14.7. The summed E-state index contributed by atoms with van der Waals surface area (Å²) in [5.74, 6) is 0. The molecular weight excluding hydrogens is 200 g/mol. The highest BCUT2D eigenvalue weighted by Crippen LogP contribution is 2.11. The lowest BCUT2D eigenvalue weighted by Gasteiger charge is -2.14. The Morgan fingerprint density at radius 2 is 2.00 bits per heavy atom. The van der Waals surface area contributed by atoms with Crippen LogP contribution in [0.1, 0.15) is 24.9 Å². The van der Waals surface area contributed by atoms with Crippen LogP contribution in [0.4, 0.5) is 0 Å². The molecule has 0 saturated carbocycles. The molecule has 0 aliphatic carbocycles. The fraction of sp³-hybridized carbons (Fsp3) is 0.538. The van der Waals surface area contributed by atoms with Crippen molar-refractivity contribution in [1.29, 1.82) is 0 Å². The second kappa shape index (κ2) is 7.39. The number of rotatable bonds is 7. The zero-order chi connectivity index (χ0) is 11.8. The fourth-order valence-electron chi connectivity index (χ4n) is 1.51. The summed E-state index contributed by atoms with van der Waals surface area (Å²) in [7, 11) is 1.72. The molecule has 0 spiro atoms. The SMILES string of the molecule is COC(C)CNCCC(N)c1ccccc1. The van der Waals surface area contributed by atoms with E-state index in [0.717, 1.165) is 19.5 Å². The third-order valence-electron chi connectivity index (χ3n) is 2.69. The van der Waals surface area contributed by atoms with Crippen LogP contribution < -0.4 is 11.1 Å². The zero-order valence-electron chi connectivity index (χ0n) is 10.1. The molecule has 3 N–H and O–H groups in total. The molecule has 0 aromatic heterocycles. The Labute approximate surface area is 98.0 Å². The van der Waals surface area contributed by atoms with E-state index in [9.17, 15) is 0 Å². The van der Waals surface area contributed by atoms with Crippen molar-refractivity contribution in [2.24, 2.45) is 5.73 Å². The number of methoxy groups -OCH3 is 1. The molecule has 0 heterocycles. The summed E-state index contributed by atoms with van der Waals surface area (Å²) in [5.41, 5.74) is 7.27. The van der Waals surface area contributed by atoms with E-state index in [4.69, 9.17) is 10.5 Å². The molecule has 1 rings (SSSR count). The Hall–Kier alpha value is -0.900. The highest BCUT2D eigenvalue weighted by Gasteiger charge is 2.04. The largest absolute Gasteiger partial charge is 0.380 e. The fourth-order valence-corrected chi connectivity index (χ4v) is 1.51. The van der Waals surface area contributed by atoms with Gasteiger partial charge in [-0.1, -0.05) is 30.3 Å². The van der Waals surface area contributed by atoms with Crippen molar-refractivity contribution in [1.82, 2.24) is 5.32 Å². The second-order valence-corrected chi connectivity index (χ2v) is 4.06. The van der Waals surface area contributed by atoms with E-state index in [1.807, 2.05) is 25.1 Å². The highest BCUT2D eigenvalue weighted by atomic mass is 16.5. The van der Waals surface area contributed by atoms with E-state index >= 15 is 0 Å². The van der Waals surface area contributed by atoms with Crippen molar-refractivity contribution in [2.75, 3.05) is 20.2 Å². The molecule has 0 radical (unpaired) electrons. The summed E-state index contributed by atoms with van der Waals surface area (Å²) in [6.45, 7) is 3.84. The molecule has 0 amide bonds. The Kier molecular flexibility index (Phi) is 6.08. The summed E-state index contributed by atoms with van der Waals surface area (Å²) in [4.78, 5) is 0. The Balaban J connectivity index is 2.18. The first-order valence-corrected chi connectivity index (χ1v) is 5.78. The van der Waals surface area contributed by atoms with E-state index in [1.165, 1.54) is 5.56 Å². The molecular formula is C13H22N2O. The minimum Gasteiger partial charge on any atom is -0.380 e. The molecule has 3 heteroatoms. The van der Waals surface area contributed by atoms with Crippen LogP contribution in [0.15, 0.2) is 30.3 Å². The van der Waals surface area contributed by atoms with E-state index in [-0.39, 0.29) is 12.1 Å². The number of hydrogen-bond acceptors (Lipinski definition) is 3. The van der Waals surface area contributed by atoms with Gasteiger partial charge in [0.05, 0.1) is 6.10 Å². The van der Waals surface area contributed by atoms with Gasteiger partial charge in [0.25, 0.3) is 0 Å². The van der Waals surface area contributed by atoms with Gasteiger partial charge in [-0.3, -0.25) is 0 Å². The third-order valence-corrected chi connectivity index (χ3v) is 2.69. The summed E-state index contributed by atoms with van der Waals surface area (Å²) < 4.78 is 5.15. The minimum atomic E-state index is 0.117. The van der Waals surface area contributed by atoms with Crippen LogP contribution in [-0.4, -0.2) is 26.3 Å². The predicted octanol–water partition coefficient (Wildman–Crippen LogP) is 1.70. The van der Waals surface area contributed by atoms with Crippen LogP contribution in [0, 0.1) is 0 Å². The summed E-state index contributed by atoms with van der Waals surface area (Å²) in [6, 6.07) is 10.3. The average molecular weight is 222 g/mol. The number of benzene rings is 1. The lowest BCUT2D eigenvalue weighted by atomic mass is 10.1. The van der Waals surface area contributed by atoms with Gasteiger partial charge in [0.15, 0.2) is 0 Å². The zero-order valence-corrected chi connectivity index (χ0v) is 10.1. The maximum atomic E-state index is 6.07. The number of nitrogens with two attached hydrogens (primary N) is 1. The Morgan fingerprint density at radius 1 is 1.31 bits per heavy atom. The van der Waals surface area contributed by atoms with Gasteiger partial charge in [-0.15, -0.1) is 0 Å². The lowest BCUT2D eigenvalue weighted by Crippen LogP contribution is -2.28. The van der Waals surface area contributed by atoms with Gasteiger partial charge in [-0.2, -0.15) is 0 Å². The van der Waals surface area contributed by atoms with Gasteiger partial charge in [-0.25, -0.2) is 0 Å².